The van der Waals surface area contributed by atoms with Crippen LogP contribution >= 0.6 is 11.8 Å². The third-order valence-corrected chi connectivity index (χ3v) is 4.23. The van der Waals surface area contributed by atoms with E-state index in [0.717, 1.165) is 16.5 Å². The Labute approximate surface area is 135 Å². The molecule has 0 spiro atoms. The second-order valence-corrected chi connectivity index (χ2v) is 6.15. The van der Waals surface area contributed by atoms with Gasteiger partial charge in [0.05, 0.1) is 18.4 Å². The number of aromatic nitrogens is 2. The molecule has 2 amide bonds. The summed E-state index contributed by atoms with van der Waals surface area (Å²) >= 11 is 1.58. The Morgan fingerprint density at radius 2 is 2.00 bits per heavy atom. The van der Waals surface area contributed by atoms with Crippen molar-refractivity contribution in [1.29, 1.82) is 0 Å². The van der Waals surface area contributed by atoms with Crippen LogP contribution in [-0.2, 0) is 13.6 Å². The van der Waals surface area contributed by atoms with Gasteiger partial charge in [-0.15, -0.1) is 0 Å². The van der Waals surface area contributed by atoms with Crippen molar-refractivity contribution in [3.63, 3.8) is 0 Å². The van der Waals surface area contributed by atoms with Gasteiger partial charge in [0.25, 0.3) is 0 Å². The summed E-state index contributed by atoms with van der Waals surface area (Å²) in [6.07, 6.45) is 3.76. The molecule has 2 aromatic rings. The average molecular weight is 318 g/mol. The molecule has 0 aliphatic carbocycles. The minimum Gasteiger partial charge on any atom is -0.332 e. The molecule has 0 unspecified atom stereocenters. The maximum atomic E-state index is 11.9. The van der Waals surface area contributed by atoms with E-state index in [-0.39, 0.29) is 6.03 Å². The van der Waals surface area contributed by atoms with Gasteiger partial charge in [-0.2, -0.15) is 0 Å². The first-order valence-electron chi connectivity index (χ1n) is 7.20. The summed E-state index contributed by atoms with van der Waals surface area (Å²) in [5, 5.41) is 6.61. The lowest BCUT2D eigenvalue weighted by Gasteiger charge is -2.10. The van der Waals surface area contributed by atoms with Crippen molar-refractivity contribution in [2.75, 3.05) is 11.6 Å². The van der Waals surface area contributed by atoms with Crippen LogP contribution in [0.5, 0.6) is 0 Å². The Balaban J connectivity index is 1.88. The molecule has 0 fully saturated rings. The normalized spacial score (nSPS) is 10.8. The molecule has 0 aliphatic heterocycles. The number of rotatable bonds is 5. The lowest BCUT2D eigenvalue weighted by atomic mass is 10.0. The van der Waals surface area contributed by atoms with E-state index < -0.39 is 0 Å². The van der Waals surface area contributed by atoms with Crippen LogP contribution in [0.3, 0.4) is 0 Å². The number of hydrogen-bond acceptors (Lipinski definition) is 3. The van der Waals surface area contributed by atoms with Gasteiger partial charge in [0, 0.05) is 12.7 Å². The van der Waals surface area contributed by atoms with Crippen LogP contribution in [0, 0.1) is 0 Å². The quantitative estimate of drug-likeness (QED) is 0.828. The van der Waals surface area contributed by atoms with Crippen LogP contribution in [0.1, 0.15) is 31.0 Å². The molecule has 5 nitrogen and oxygen atoms in total. The number of nitrogens with one attached hydrogen (secondary N) is 2. The summed E-state index contributed by atoms with van der Waals surface area (Å²) in [6, 6.07) is 7.69. The third kappa shape index (κ3) is 4.04. The Bertz CT molecular complexity index is 634. The molecule has 118 valence electrons. The van der Waals surface area contributed by atoms with Gasteiger partial charge in [0.15, 0.2) is 5.16 Å². The Kier molecular flexibility index (Phi) is 5.49. The van der Waals surface area contributed by atoms with Gasteiger partial charge in [-0.25, -0.2) is 9.78 Å². The molecule has 0 radical (unpaired) electrons. The molecule has 6 heteroatoms. The van der Waals surface area contributed by atoms with Gasteiger partial charge in [-0.3, -0.25) is 0 Å². The van der Waals surface area contributed by atoms with Crippen LogP contribution in [0.2, 0.25) is 0 Å². The SMILES string of the molecule is CSc1ncc(CNC(=O)Nc2ccc(C(C)C)cc2)n1C. The zero-order valence-corrected chi connectivity index (χ0v) is 14.2. The first-order chi connectivity index (χ1) is 10.5. The van der Waals surface area contributed by atoms with E-state index in [4.69, 9.17) is 0 Å². The average Bonchev–Trinajstić information content (AvgIpc) is 2.86. The zero-order valence-electron chi connectivity index (χ0n) is 13.4. The second-order valence-electron chi connectivity index (χ2n) is 5.38. The molecule has 1 heterocycles. The predicted molar refractivity (Wildman–Crippen MR) is 91.4 cm³/mol. The molecular weight excluding hydrogens is 296 g/mol. The van der Waals surface area contributed by atoms with Crippen molar-refractivity contribution >= 4 is 23.5 Å². The molecule has 2 N–H and O–H groups in total. The smallest absolute Gasteiger partial charge is 0.319 e. The summed E-state index contributed by atoms with van der Waals surface area (Å²) in [7, 11) is 1.94. The van der Waals surface area contributed by atoms with Crippen molar-refractivity contribution in [2.24, 2.45) is 7.05 Å². The summed E-state index contributed by atoms with van der Waals surface area (Å²) in [5.41, 5.74) is 3.01. The van der Waals surface area contributed by atoms with Crippen LogP contribution < -0.4 is 10.6 Å². The van der Waals surface area contributed by atoms with Crippen LogP contribution in [0.4, 0.5) is 10.5 Å². The van der Waals surface area contributed by atoms with Crippen molar-refractivity contribution in [2.45, 2.75) is 31.5 Å². The van der Waals surface area contributed by atoms with Gasteiger partial charge in [0.2, 0.25) is 0 Å². The van der Waals surface area contributed by atoms with Gasteiger partial charge < -0.3 is 15.2 Å². The first kappa shape index (κ1) is 16.4. The maximum Gasteiger partial charge on any atom is 0.319 e. The number of carbonyl (C=O) groups is 1. The van der Waals surface area contributed by atoms with E-state index in [1.54, 1.807) is 18.0 Å². The highest BCUT2D eigenvalue weighted by atomic mass is 32.2. The zero-order chi connectivity index (χ0) is 16.1. The molecule has 22 heavy (non-hydrogen) atoms. The summed E-state index contributed by atoms with van der Waals surface area (Å²) in [6.45, 7) is 4.73. The highest BCUT2D eigenvalue weighted by molar-refractivity contribution is 7.98. The van der Waals surface area contributed by atoms with E-state index in [9.17, 15) is 4.79 Å². The fourth-order valence-electron chi connectivity index (χ4n) is 2.08. The van der Waals surface area contributed by atoms with Crippen LogP contribution in [-0.4, -0.2) is 21.8 Å². The fourth-order valence-corrected chi connectivity index (χ4v) is 2.63. The number of hydrogen-bond donors (Lipinski definition) is 2. The van der Waals surface area contributed by atoms with Crippen molar-refractivity contribution in [3.8, 4) is 0 Å². The third-order valence-electron chi connectivity index (χ3n) is 3.49. The van der Waals surface area contributed by atoms with E-state index in [1.807, 2.05) is 42.1 Å². The Morgan fingerprint density at radius 3 is 2.55 bits per heavy atom. The molecular formula is C16H22N4OS. The highest BCUT2D eigenvalue weighted by Crippen LogP contribution is 2.17. The lowest BCUT2D eigenvalue weighted by molar-refractivity contribution is 0.251. The second kappa shape index (κ2) is 7.35. The standard InChI is InChI=1S/C16H22N4OS/c1-11(2)12-5-7-13(8-6-12)19-15(21)17-9-14-10-18-16(22-4)20(14)3/h5-8,10-11H,9H2,1-4H3,(H2,17,19,21). The van der Waals surface area contributed by atoms with E-state index in [1.165, 1.54) is 5.56 Å². The van der Waals surface area contributed by atoms with Gasteiger partial charge in [0.1, 0.15) is 0 Å². The molecule has 0 saturated heterocycles. The summed E-state index contributed by atoms with van der Waals surface area (Å²) in [5.74, 6) is 0.485. The number of amides is 2. The number of urea groups is 1. The fraction of sp³-hybridized carbons (Fsp3) is 0.375. The largest absolute Gasteiger partial charge is 0.332 e. The summed E-state index contributed by atoms with van der Waals surface area (Å²) in [4.78, 5) is 16.2. The number of nitrogens with zero attached hydrogens (tertiary/aromatic N) is 2. The number of benzene rings is 1. The Morgan fingerprint density at radius 1 is 1.32 bits per heavy atom. The molecule has 1 aromatic carbocycles. The molecule has 1 aromatic heterocycles. The summed E-state index contributed by atoms with van der Waals surface area (Å²) < 4.78 is 1.97. The molecule has 0 aliphatic rings. The van der Waals surface area contributed by atoms with Gasteiger partial charge in [-0.05, 0) is 29.9 Å². The van der Waals surface area contributed by atoms with Gasteiger partial charge in [-0.1, -0.05) is 37.7 Å². The van der Waals surface area contributed by atoms with Crippen LogP contribution in [0.25, 0.3) is 0 Å². The maximum absolute atomic E-state index is 11.9. The number of carbonyl (C=O) groups excluding carboxylic acids is 1. The molecule has 0 saturated carbocycles. The molecule has 0 bridgehead atoms. The number of thioether (sulfide) groups is 1. The minimum absolute atomic E-state index is 0.218. The van der Waals surface area contributed by atoms with E-state index >= 15 is 0 Å². The molecule has 2 rings (SSSR count). The monoisotopic (exact) mass is 318 g/mol. The lowest BCUT2D eigenvalue weighted by Crippen LogP contribution is -2.28. The highest BCUT2D eigenvalue weighted by Gasteiger charge is 2.07. The van der Waals surface area contributed by atoms with Crippen molar-refractivity contribution < 1.29 is 4.79 Å². The van der Waals surface area contributed by atoms with Crippen molar-refractivity contribution in [3.05, 3.63) is 41.7 Å². The van der Waals surface area contributed by atoms with Crippen molar-refractivity contribution in [1.82, 2.24) is 14.9 Å². The number of anilines is 1. The topological polar surface area (TPSA) is 59.0 Å². The van der Waals surface area contributed by atoms with E-state index in [2.05, 4.69) is 29.5 Å². The number of imidazole rings is 1. The van der Waals surface area contributed by atoms with E-state index in [0.29, 0.717) is 12.5 Å². The Hall–Kier alpha value is -1.95. The van der Waals surface area contributed by atoms with Gasteiger partial charge >= 0.3 is 6.03 Å². The predicted octanol–water partition coefficient (Wildman–Crippen LogP) is 3.59. The molecule has 0 atom stereocenters. The van der Waals surface area contributed by atoms with Crippen LogP contribution in [0.15, 0.2) is 35.6 Å². The minimum atomic E-state index is -0.218. The first-order valence-corrected chi connectivity index (χ1v) is 8.43.